The highest BCUT2D eigenvalue weighted by atomic mass is 35.5. The predicted octanol–water partition coefficient (Wildman–Crippen LogP) is 2.02. The van der Waals surface area contributed by atoms with Crippen LogP contribution < -0.4 is 5.32 Å². The van der Waals surface area contributed by atoms with Gasteiger partial charge in [0.05, 0.1) is 0 Å². The van der Waals surface area contributed by atoms with Crippen LogP contribution in [0.15, 0.2) is 29.2 Å². The van der Waals surface area contributed by atoms with Crippen LogP contribution in [0.1, 0.15) is 6.92 Å². The monoisotopic (exact) mass is 273 g/mol. The summed E-state index contributed by atoms with van der Waals surface area (Å²) in [5.41, 5.74) is 0. The first kappa shape index (κ1) is 13.9. The van der Waals surface area contributed by atoms with E-state index >= 15 is 0 Å². The van der Waals surface area contributed by atoms with Gasteiger partial charge in [-0.3, -0.25) is 4.79 Å². The maximum atomic E-state index is 10.9. The van der Waals surface area contributed by atoms with Crippen molar-refractivity contribution in [1.29, 1.82) is 0 Å². The maximum Gasteiger partial charge on any atom is 0.327 e. The van der Waals surface area contributed by atoms with Gasteiger partial charge in [0.2, 0.25) is 5.91 Å². The van der Waals surface area contributed by atoms with Gasteiger partial charge in [-0.25, -0.2) is 4.79 Å². The standard InChI is InChI=1S/C11H12ClNO3S/c1-7(14)13-10(11(15)16)6-17-9-4-2-8(12)3-5-9/h2-5,10H,6H2,1H3,(H,13,14)(H,15,16)/t10-/m1/s1. The molecule has 0 aliphatic heterocycles. The average molecular weight is 274 g/mol. The largest absolute Gasteiger partial charge is 0.480 e. The van der Waals surface area contributed by atoms with Crippen LogP contribution in [-0.2, 0) is 9.59 Å². The summed E-state index contributed by atoms with van der Waals surface area (Å²) in [6.07, 6.45) is 0. The highest BCUT2D eigenvalue weighted by Crippen LogP contribution is 2.21. The Bertz CT molecular complexity index is 408. The van der Waals surface area contributed by atoms with Crippen LogP contribution in [-0.4, -0.2) is 28.8 Å². The second-order valence-electron chi connectivity index (χ2n) is 3.36. The first-order valence-electron chi connectivity index (χ1n) is 4.87. The lowest BCUT2D eigenvalue weighted by atomic mass is 10.3. The van der Waals surface area contributed by atoms with E-state index in [1.807, 2.05) is 0 Å². The predicted molar refractivity (Wildman–Crippen MR) is 67.4 cm³/mol. The summed E-state index contributed by atoms with van der Waals surface area (Å²) in [4.78, 5) is 22.6. The van der Waals surface area contributed by atoms with E-state index in [-0.39, 0.29) is 11.7 Å². The molecule has 1 aromatic carbocycles. The van der Waals surface area contributed by atoms with Gasteiger partial charge >= 0.3 is 5.97 Å². The molecule has 17 heavy (non-hydrogen) atoms. The van der Waals surface area contributed by atoms with Crippen molar-refractivity contribution < 1.29 is 14.7 Å². The molecular weight excluding hydrogens is 262 g/mol. The van der Waals surface area contributed by atoms with Crippen molar-refractivity contribution in [2.75, 3.05) is 5.75 Å². The number of rotatable bonds is 5. The van der Waals surface area contributed by atoms with Crippen molar-refractivity contribution in [1.82, 2.24) is 5.32 Å². The molecule has 6 heteroatoms. The summed E-state index contributed by atoms with van der Waals surface area (Å²) in [6.45, 7) is 1.29. The van der Waals surface area contributed by atoms with Crippen LogP contribution in [0.3, 0.4) is 0 Å². The lowest BCUT2D eigenvalue weighted by molar-refractivity contribution is -0.140. The van der Waals surface area contributed by atoms with Gasteiger partial charge in [-0.15, -0.1) is 11.8 Å². The Kier molecular flexibility index (Phi) is 5.31. The zero-order valence-corrected chi connectivity index (χ0v) is 10.7. The molecule has 0 aromatic heterocycles. The molecule has 4 nitrogen and oxygen atoms in total. The number of halogens is 1. The lowest BCUT2D eigenvalue weighted by Crippen LogP contribution is -2.41. The Hall–Kier alpha value is -1.20. The van der Waals surface area contributed by atoms with Gasteiger partial charge < -0.3 is 10.4 Å². The van der Waals surface area contributed by atoms with Gasteiger partial charge in [0, 0.05) is 22.6 Å². The summed E-state index contributed by atoms with van der Waals surface area (Å²) in [6, 6.07) is 6.20. The van der Waals surface area contributed by atoms with E-state index in [2.05, 4.69) is 5.32 Å². The molecule has 1 amide bonds. The number of hydrogen-bond acceptors (Lipinski definition) is 3. The second-order valence-corrected chi connectivity index (χ2v) is 4.89. The molecule has 1 atom stereocenters. The molecule has 0 spiro atoms. The number of amides is 1. The van der Waals surface area contributed by atoms with E-state index in [1.54, 1.807) is 24.3 Å². The zero-order chi connectivity index (χ0) is 12.8. The summed E-state index contributed by atoms with van der Waals surface area (Å²) in [7, 11) is 0. The Morgan fingerprint density at radius 3 is 2.47 bits per heavy atom. The number of aliphatic carboxylic acids is 1. The van der Waals surface area contributed by atoms with Crippen LogP contribution in [0, 0.1) is 0 Å². The highest BCUT2D eigenvalue weighted by molar-refractivity contribution is 7.99. The molecule has 0 saturated heterocycles. The fraction of sp³-hybridized carbons (Fsp3) is 0.273. The lowest BCUT2D eigenvalue weighted by Gasteiger charge is -2.12. The van der Waals surface area contributed by atoms with Crippen molar-refractivity contribution >= 4 is 35.2 Å². The normalized spacial score (nSPS) is 11.9. The van der Waals surface area contributed by atoms with E-state index in [9.17, 15) is 9.59 Å². The fourth-order valence-corrected chi connectivity index (χ4v) is 2.17. The SMILES string of the molecule is CC(=O)N[C@H](CSc1ccc(Cl)cc1)C(=O)O. The summed E-state index contributed by atoms with van der Waals surface area (Å²) in [5.74, 6) is -1.12. The fourth-order valence-electron chi connectivity index (χ4n) is 1.13. The van der Waals surface area contributed by atoms with Crippen molar-refractivity contribution in [3.05, 3.63) is 29.3 Å². The molecule has 92 valence electrons. The maximum absolute atomic E-state index is 10.9. The number of carboxylic acid groups (broad SMARTS) is 1. The van der Waals surface area contributed by atoms with E-state index < -0.39 is 12.0 Å². The number of thioether (sulfide) groups is 1. The molecule has 0 heterocycles. The summed E-state index contributed by atoms with van der Waals surface area (Å²) in [5, 5.41) is 11.9. The third-order valence-electron chi connectivity index (χ3n) is 1.91. The topological polar surface area (TPSA) is 66.4 Å². The molecule has 1 rings (SSSR count). The van der Waals surface area contributed by atoms with Crippen LogP contribution in [0.25, 0.3) is 0 Å². The van der Waals surface area contributed by atoms with E-state index in [0.717, 1.165) is 4.90 Å². The minimum Gasteiger partial charge on any atom is -0.480 e. The van der Waals surface area contributed by atoms with Gasteiger partial charge in [-0.2, -0.15) is 0 Å². The van der Waals surface area contributed by atoms with Crippen molar-refractivity contribution in [2.45, 2.75) is 17.9 Å². The molecule has 0 aliphatic rings. The van der Waals surface area contributed by atoms with Crippen LogP contribution in [0.2, 0.25) is 5.02 Å². The zero-order valence-electron chi connectivity index (χ0n) is 9.14. The Morgan fingerprint density at radius 1 is 1.41 bits per heavy atom. The van der Waals surface area contributed by atoms with Crippen LogP contribution >= 0.6 is 23.4 Å². The number of nitrogens with one attached hydrogen (secondary N) is 1. The van der Waals surface area contributed by atoms with E-state index in [4.69, 9.17) is 16.7 Å². The van der Waals surface area contributed by atoms with Crippen molar-refractivity contribution in [2.24, 2.45) is 0 Å². The van der Waals surface area contributed by atoms with Gasteiger partial charge in [0.25, 0.3) is 0 Å². The second kappa shape index (κ2) is 6.51. The van der Waals surface area contributed by atoms with Gasteiger partial charge in [-0.1, -0.05) is 11.6 Å². The number of carbonyl (C=O) groups is 2. The number of benzene rings is 1. The molecule has 0 unspecified atom stereocenters. The number of hydrogen-bond donors (Lipinski definition) is 2. The van der Waals surface area contributed by atoms with Crippen LogP contribution in [0.5, 0.6) is 0 Å². The molecule has 1 aromatic rings. The van der Waals surface area contributed by atoms with Gasteiger partial charge in [-0.05, 0) is 24.3 Å². The third-order valence-corrected chi connectivity index (χ3v) is 3.26. The Labute approximate surface area is 108 Å². The first-order valence-corrected chi connectivity index (χ1v) is 6.23. The smallest absolute Gasteiger partial charge is 0.327 e. The highest BCUT2D eigenvalue weighted by Gasteiger charge is 2.18. The van der Waals surface area contributed by atoms with Gasteiger partial charge in [0.15, 0.2) is 0 Å². The molecule has 2 N–H and O–H groups in total. The quantitative estimate of drug-likeness (QED) is 0.806. The van der Waals surface area contributed by atoms with E-state index in [1.165, 1.54) is 18.7 Å². The minimum atomic E-state index is -1.04. The molecule has 0 aliphatic carbocycles. The first-order chi connectivity index (χ1) is 7.99. The number of carbonyl (C=O) groups excluding carboxylic acids is 1. The van der Waals surface area contributed by atoms with Crippen molar-refractivity contribution in [3.8, 4) is 0 Å². The van der Waals surface area contributed by atoms with Crippen molar-refractivity contribution in [3.63, 3.8) is 0 Å². The average Bonchev–Trinajstić information content (AvgIpc) is 2.25. The molecule has 0 bridgehead atoms. The molecule has 0 radical (unpaired) electrons. The summed E-state index contributed by atoms with van der Waals surface area (Å²) >= 11 is 7.09. The van der Waals surface area contributed by atoms with Gasteiger partial charge in [0.1, 0.15) is 6.04 Å². The van der Waals surface area contributed by atoms with Crippen LogP contribution in [0.4, 0.5) is 0 Å². The molecular formula is C11H12ClNO3S. The number of carboxylic acids is 1. The molecule has 0 saturated carbocycles. The minimum absolute atomic E-state index is 0.274. The van der Waals surface area contributed by atoms with E-state index in [0.29, 0.717) is 5.02 Å². The Morgan fingerprint density at radius 2 is 2.00 bits per heavy atom. The molecule has 0 fully saturated rings. The third kappa shape index (κ3) is 5.10. The summed E-state index contributed by atoms with van der Waals surface area (Å²) < 4.78 is 0. The Balaban J connectivity index is 2.54.